The van der Waals surface area contributed by atoms with Crippen molar-refractivity contribution < 1.29 is 22.3 Å². The number of hydrogen-bond donors (Lipinski definition) is 1. The first-order valence-corrected chi connectivity index (χ1v) is 14.3. The predicted molar refractivity (Wildman–Crippen MR) is 125 cm³/mol. The van der Waals surface area contributed by atoms with Gasteiger partial charge in [-0.1, -0.05) is 13.8 Å². The molecular weight excluding hydrogens is 457 g/mol. The molecule has 0 spiro atoms. The second kappa shape index (κ2) is 12.1. The Morgan fingerprint density at radius 2 is 1.88 bits per heavy atom. The molecule has 3 rings (SSSR count). The van der Waals surface area contributed by atoms with Crippen LogP contribution < -0.4 is 5.43 Å². The molecule has 7 unspecified atom stereocenters. The maximum Gasteiger partial charge on any atom is 0.222 e. The van der Waals surface area contributed by atoms with E-state index in [-0.39, 0.29) is 23.4 Å². The van der Waals surface area contributed by atoms with Crippen LogP contribution in [-0.2, 0) is 19.5 Å². The largest absolute Gasteiger partial charge is 0.378 e. The van der Waals surface area contributed by atoms with Crippen LogP contribution in [0.4, 0.5) is 4.39 Å². The summed E-state index contributed by atoms with van der Waals surface area (Å²) in [7, 11) is -3.57. The first-order chi connectivity index (χ1) is 15.3. The molecule has 32 heavy (non-hydrogen) atoms. The van der Waals surface area contributed by atoms with E-state index in [1.807, 2.05) is 25.8 Å². The molecule has 0 aromatic carbocycles. The van der Waals surface area contributed by atoms with Crippen LogP contribution in [-0.4, -0.2) is 85.8 Å². The van der Waals surface area contributed by atoms with Crippen LogP contribution in [0.3, 0.4) is 0 Å². The van der Waals surface area contributed by atoms with Crippen molar-refractivity contribution in [1.82, 2.24) is 14.7 Å². The SMILES string of the molecule is CCOC1NN(CC)CC1S(=O)(=O)N(CC)C1CCCC(OCC2C(F)CCCC2Cl)C1. The number of rotatable bonds is 10. The summed E-state index contributed by atoms with van der Waals surface area (Å²) in [5.41, 5.74) is 3.19. The van der Waals surface area contributed by atoms with Crippen LogP contribution in [0.15, 0.2) is 0 Å². The third-order valence-electron chi connectivity index (χ3n) is 7.22. The van der Waals surface area contributed by atoms with Crippen LogP contribution in [0.25, 0.3) is 0 Å². The van der Waals surface area contributed by atoms with E-state index in [1.165, 1.54) is 0 Å². The average Bonchev–Trinajstić information content (AvgIpc) is 3.18. The highest BCUT2D eigenvalue weighted by molar-refractivity contribution is 7.89. The molecule has 1 saturated heterocycles. The van der Waals surface area contributed by atoms with Crippen LogP contribution in [0.2, 0.25) is 0 Å². The van der Waals surface area contributed by atoms with E-state index in [1.54, 1.807) is 4.31 Å². The van der Waals surface area contributed by atoms with Crippen LogP contribution in [0.5, 0.6) is 0 Å². The second-order valence-corrected chi connectivity index (χ2v) is 11.9. The molecule has 3 fully saturated rings. The van der Waals surface area contributed by atoms with Crippen molar-refractivity contribution in [2.24, 2.45) is 5.92 Å². The normalized spacial score (nSPS) is 37.2. The molecule has 3 aliphatic rings. The van der Waals surface area contributed by atoms with Gasteiger partial charge in [0.2, 0.25) is 10.0 Å². The molecule has 0 amide bonds. The molecule has 188 valence electrons. The highest BCUT2D eigenvalue weighted by Crippen LogP contribution is 2.34. The minimum atomic E-state index is -3.57. The Hall–Kier alpha value is -0.0300. The Morgan fingerprint density at radius 3 is 2.53 bits per heavy atom. The summed E-state index contributed by atoms with van der Waals surface area (Å²) >= 11 is 6.36. The van der Waals surface area contributed by atoms with Crippen molar-refractivity contribution in [1.29, 1.82) is 0 Å². The molecule has 1 heterocycles. The van der Waals surface area contributed by atoms with Crippen molar-refractivity contribution in [3.8, 4) is 0 Å². The van der Waals surface area contributed by atoms with Gasteiger partial charge in [-0.15, -0.1) is 11.6 Å². The summed E-state index contributed by atoms with van der Waals surface area (Å²) in [5.74, 6) is -0.270. The fourth-order valence-corrected chi connectivity index (χ4v) is 7.92. The molecule has 2 saturated carbocycles. The zero-order valence-corrected chi connectivity index (χ0v) is 21.3. The number of halogens is 2. The number of alkyl halides is 2. The zero-order valence-electron chi connectivity index (χ0n) is 19.7. The molecule has 7 nitrogen and oxygen atoms in total. The van der Waals surface area contributed by atoms with Gasteiger partial charge in [-0.3, -0.25) is 0 Å². The maximum atomic E-state index is 14.3. The molecular formula is C22H41ClFN3O4S. The minimum absolute atomic E-state index is 0.0625. The summed E-state index contributed by atoms with van der Waals surface area (Å²) < 4.78 is 55.2. The number of sulfonamides is 1. The fraction of sp³-hybridized carbons (Fsp3) is 1.00. The van der Waals surface area contributed by atoms with Gasteiger partial charge in [0.1, 0.15) is 17.6 Å². The Kier molecular flexibility index (Phi) is 10.0. The monoisotopic (exact) mass is 497 g/mol. The van der Waals surface area contributed by atoms with Crippen LogP contribution in [0, 0.1) is 5.92 Å². The first-order valence-electron chi connectivity index (χ1n) is 12.3. The number of hydrogen-bond acceptors (Lipinski definition) is 6. The highest BCUT2D eigenvalue weighted by atomic mass is 35.5. The van der Waals surface area contributed by atoms with Crippen molar-refractivity contribution in [3.05, 3.63) is 0 Å². The number of nitrogens with zero attached hydrogens (tertiary/aromatic N) is 2. The topological polar surface area (TPSA) is 71.1 Å². The lowest BCUT2D eigenvalue weighted by atomic mass is 9.87. The molecule has 7 atom stereocenters. The standard InChI is InChI=1S/C22H41ClFN3O4S/c1-4-26-14-21(22(25-26)30-6-3)32(28,29)27(5-2)16-9-7-10-17(13-16)31-15-18-19(23)11-8-12-20(18)24/h16-22,25H,4-15H2,1-3H3. The van der Waals surface area contributed by atoms with Crippen molar-refractivity contribution in [2.45, 2.75) is 101 Å². The third-order valence-corrected chi connectivity index (χ3v) is 10.1. The van der Waals surface area contributed by atoms with E-state index in [0.717, 1.165) is 32.1 Å². The molecule has 0 aromatic heterocycles. The molecule has 2 aliphatic carbocycles. The summed E-state index contributed by atoms with van der Waals surface area (Å²) in [6, 6.07) is -0.110. The maximum absolute atomic E-state index is 14.3. The predicted octanol–water partition coefficient (Wildman–Crippen LogP) is 3.28. The molecule has 0 radical (unpaired) electrons. The zero-order chi connectivity index (χ0) is 23.3. The lowest BCUT2D eigenvalue weighted by Gasteiger charge is -2.38. The van der Waals surface area contributed by atoms with Gasteiger partial charge in [0, 0.05) is 43.6 Å². The second-order valence-electron chi connectivity index (χ2n) is 9.23. The Labute approximate surface area is 198 Å². The number of ether oxygens (including phenoxy) is 2. The van der Waals surface area contributed by atoms with Crippen molar-refractivity contribution >= 4 is 21.6 Å². The molecule has 1 aliphatic heterocycles. The van der Waals surface area contributed by atoms with Gasteiger partial charge in [-0.05, 0) is 51.9 Å². The van der Waals surface area contributed by atoms with E-state index >= 15 is 0 Å². The fourth-order valence-electron chi connectivity index (χ4n) is 5.40. The van der Waals surface area contributed by atoms with E-state index in [0.29, 0.717) is 45.7 Å². The Bertz CT molecular complexity index is 678. The van der Waals surface area contributed by atoms with E-state index in [9.17, 15) is 12.8 Å². The van der Waals surface area contributed by atoms with Gasteiger partial charge in [0.05, 0.1) is 12.7 Å². The first kappa shape index (κ1) is 26.6. The smallest absolute Gasteiger partial charge is 0.222 e. The van der Waals surface area contributed by atoms with E-state index < -0.39 is 27.7 Å². The number of hydrazine groups is 1. The van der Waals surface area contributed by atoms with Gasteiger partial charge in [0.25, 0.3) is 0 Å². The van der Waals surface area contributed by atoms with Gasteiger partial charge < -0.3 is 9.47 Å². The van der Waals surface area contributed by atoms with Gasteiger partial charge >= 0.3 is 0 Å². The summed E-state index contributed by atoms with van der Waals surface area (Å²) in [5, 5.41) is 1.08. The lowest BCUT2D eigenvalue weighted by molar-refractivity contribution is -0.0272. The lowest BCUT2D eigenvalue weighted by Crippen LogP contribution is -2.51. The minimum Gasteiger partial charge on any atom is -0.378 e. The molecule has 1 N–H and O–H groups in total. The summed E-state index contributed by atoms with van der Waals surface area (Å²) in [4.78, 5) is 0. The van der Waals surface area contributed by atoms with Gasteiger partial charge in [-0.25, -0.2) is 23.2 Å². The summed E-state index contributed by atoms with van der Waals surface area (Å²) in [6.45, 7) is 8.06. The average molecular weight is 498 g/mol. The van der Waals surface area contributed by atoms with Crippen LogP contribution >= 0.6 is 11.6 Å². The highest BCUT2D eigenvalue weighted by Gasteiger charge is 2.46. The third kappa shape index (κ3) is 6.15. The molecule has 10 heteroatoms. The van der Waals surface area contributed by atoms with Crippen LogP contribution in [0.1, 0.15) is 65.7 Å². The van der Waals surface area contributed by atoms with Crippen molar-refractivity contribution in [3.63, 3.8) is 0 Å². The van der Waals surface area contributed by atoms with E-state index in [2.05, 4.69) is 5.43 Å². The summed E-state index contributed by atoms with van der Waals surface area (Å²) in [6.07, 6.45) is 3.93. The quantitative estimate of drug-likeness (QED) is 0.467. The Balaban J connectivity index is 1.64. The molecule has 0 aromatic rings. The Morgan fingerprint density at radius 1 is 1.12 bits per heavy atom. The van der Waals surface area contributed by atoms with Crippen molar-refractivity contribution in [2.75, 3.05) is 32.8 Å². The molecule has 0 bridgehead atoms. The number of nitrogens with one attached hydrogen (secondary N) is 1. The van der Waals surface area contributed by atoms with Gasteiger partial charge in [0.15, 0.2) is 0 Å². The van der Waals surface area contributed by atoms with Gasteiger partial charge in [-0.2, -0.15) is 4.31 Å². The van der Waals surface area contributed by atoms with E-state index in [4.69, 9.17) is 21.1 Å².